The van der Waals surface area contributed by atoms with E-state index in [0.29, 0.717) is 18.2 Å². The fraction of sp³-hybridized carbons (Fsp3) is 0.417. The van der Waals surface area contributed by atoms with E-state index in [4.69, 9.17) is 19.9 Å². The second kappa shape index (κ2) is 3.72. The first kappa shape index (κ1) is 10.6. The molecular weight excluding hydrogens is 220 g/mol. The van der Waals surface area contributed by atoms with Crippen LogP contribution in [-0.2, 0) is 15.5 Å². The van der Waals surface area contributed by atoms with Crippen LogP contribution in [0.3, 0.4) is 0 Å². The molecule has 1 aromatic carbocycles. The summed E-state index contributed by atoms with van der Waals surface area (Å²) in [6, 6.07) is 5.69. The molecule has 3 rings (SSSR count). The number of ether oxygens (including phenoxy) is 1. The van der Waals surface area contributed by atoms with Gasteiger partial charge in [-0.1, -0.05) is 12.1 Å². The minimum atomic E-state index is -0.709. The lowest BCUT2D eigenvalue weighted by Crippen LogP contribution is -2.44. The average Bonchev–Trinajstić information content (AvgIpc) is 2.64. The third-order valence-corrected chi connectivity index (χ3v) is 3.22. The van der Waals surface area contributed by atoms with E-state index in [1.54, 1.807) is 7.11 Å². The molecular formula is C12H14N2O3. The summed E-state index contributed by atoms with van der Waals surface area (Å²) in [6.07, 6.45) is 1.69. The predicted molar refractivity (Wildman–Crippen MR) is 60.9 cm³/mol. The third kappa shape index (κ3) is 1.43. The second-order valence-corrected chi connectivity index (χ2v) is 4.22. The van der Waals surface area contributed by atoms with Crippen molar-refractivity contribution in [3.8, 4) is 5.75 Å². The summed E-state index contributed by atoms with van der Waals surface area (Å²) in [7, 11) is 1.60. The van der Waals surface area contributed by atoms with E-state index in [0.717, 1.165) is 24.0 Å². The standard InChI is InChI=1S/C12H14N2O3/c1-15-9-5-2-4-8-10(9)11(13)14-12(8)6-3-7-16-17-12/h2,4-5H,3,6-7H2,1H3,(H2,13,14). The van der Waals surface area contributed by atoms with Crippen LogP contribution in [0.15, 0.2) is 18.2 Å². The van der Waals surface area contributed by atoms with E-state index in [2.05, 4.69) is 5.32 Å². The molecule has 1 fully saturated rings. The number of rotatable bonds is 1. The molecule has 2 aliphatic heterocycles. The van der Waals surface area contributed by atoms with Crippen molar-refractivity contribution in [2.24, 2.45) is 0 Å². The van der Waals surface area contributed by atoms with Crippen LogP contribution in [0.5, 0.6) is 5.75 Å². The van der Waals surface area contributed by atoms with Gasteiger partial charge in [0.15, 0.2) is 0 Å². The monoisotopic (exact) mass is 234 g/mol. The molecule has 5 nitrogen and oxygen atoms in total. The van der Waals surface area contributed by atoms with Crippen molar-refractivity contribution in [2.45, 2.75) is 18.6 Å². The van der Waals surface area contributed by atoms with Gasteiger partial charge >= 0.3 is 0 Å². The molecule has 2 N–H and O–H groups in total. The first-order chi connectivity index (χ1) is 8.27. The van der Waals surface area contributed by atoms with E-state index in [1.807, 2.05) is 18.2 Å². The van der Waals surface area contributed by atoms with Crippen molar-refractivity contribution in [1.82, 2.24) is 5.32 Å². The molecule has 0 radical (unpaired) electrons. The molecule has 2 heterocycles. The Bertz CT molecular complexity index is 467. The smallest absolute Gasteiger partial charge is 0.200 e. The first-order valence-electron chi connectivity index (χ1n) is 5.62. The normalized spacial score (nSPS) is 26.8. The second-order valence-electron chi connectivity index (χ2n) is 4.22. The van der Waals surface area contributed by atoms with Crippen LogP contribution in [0.2, 0.25) is 0 Å². The quantitative estimate of drug-likeness (QED) is 0.723. The highest BCUT2D eigenvalue weighted by molar-refractivity contribution is 6.04. The SMILES string of the molecule is COc1cccc2c1C(=N)NC21CCCOO1. The number of hydrogen-bond donors (Lipinski definition) is 2. The number of nitrogens with one attached hydrogen (secondary N) is 2. The Morgan fingerprint density at radius 1 is 1.47 bits per heavy atom. The van der Waals surface area contributed by atoms with Gasteiger partial charge < -0.3 is 10.1 Å². The van der Waals surface area contributed by atoms with E-state index in [9.17, 15) is 0 Å². The molecule has 1 spiro atoms. The zero-order valence-corrected chi connectivity index (χ0v) is 9.58. The van der Waals surface area contributed by atoms with Crippen molar-refractivity contribution < 1.29 is 14.5 Å². The lowest BCUT2D eigenvalue weighted by atomic mass is 9.96. The van der Waals surface area contributed by atoms with Gasteiger partial charge in [-0.3, -0.25) is 5.41 Å². The summed E-state index contributed by atoms with van der Waals surface area (Å²) in [5.41, 5.74) is 0.973. The topological polar surface area (TPSA) is 63.6 Å². The van der Waals surface area contributed by atoms with Crippen molar-refractivity contribution in [2.75, 3.05) is 13.7 Å². The number of methoxy groups -OCH3 is 1. The Morgan fingerprint density at radius 3 is 3.06 bits per heavy atom. The zero-order valence-electron chi connectivity index (χ0n) is 9.58. The van der Waals surface area contributed by atoms with Gasteiger partial charge in [0, 0.05) is 12.0 Å². The lowest BCUT2D eigenvalue weighted by molar-refractivity contribution is -0.393. The predicted octanol–water partition coefficient (Wildman–Crippen LogP) is 1.52. The molecule has 90 valence electrons. The summed E-state index contributed by atoms with van der Waals surface area (Å²) in [6.45, 7) is 0.593. The van der Waals surface area contributed by atoms with Gasteiger partial charge in [-0.05, 0) is 12.5 Å². The molecule has 17 heavy (non-hydrogen) atoms. The minimum absolute atomic E-state index is 0.322. The Labute approximate surface area is 99.1 Å². The molecule has 2 aliphatic rings. The number of hydrogen-bond acceptors (Lipinski definition) is 4. The number of fused-ring (bicyclic) bond motifs is 2. The van der Waals surface area contributed by atoms with E-state index in [1.165, 1.54) is 0 Å². The van der Waals surface area contributed by atoms with Crippen LogP contribution in [0.1, 0.15) is 24.0 Å². The Morgan fingerprint density at radius 2 is 2.35 bits per heavy atom. The molecule has 0 aromatic heterocycles. The summed E-state index contributed by atoms with van der Waals surface area (Å²) in [5, 5.41) is 11.1. The van der Waals surface area contributed by atoms with E-state index in [-0.39, 0.29) is 0 Å². The van der Waals surface area contributed by atoms with Gasteiger partial charge in [-0.15, -0.1) is 0 Å². The Balaban J connectivity index is 2.13. The summed E-state index contributed by atoms with van der Waals surface area (Å²) < 4.78 is 5.28. The number of benzene rings is 1. The van der Waals surface area contributed by atoms with Crippen LogP contribution in [0.25, 0.3) is 0 Å². The van der Waals surface area contributed by atoms with E-state index >= 15 is 0 Å². The molecule has 5 heteroatoms. The Hall–Kier alpha value is -1.59. The summed E-state index contributed by atoms with van der Waals surface area (Å²) >= 11 is 0. The summed E-state index contributed by atoms with van der Waals surface area (Å²) in [4.78, 5) is 10.5. The number of amidine groups is 1. The lowest BCUT2D eigenvalue weighted by Gasteiger charge is -2.32. The maximum atomic E-state index is 8.01. The average molecular weight is 234 g/mol. The van der Waals surface area contributed by atoms with Crippen LogP contribution < -0.4 is 10.1 Å². The molecule has 0 amide bonds. The van der Waals surface area contributed by atoms with Crippen LogP contribution in [-0.4, -0.2) is 19.6 Å². The van der Waals surface area contributed by atoms with E-state index < -0.39 is 5.72 Å². The highest BCUT2D eigenvalue weighted by atomic mass is 17.2. The highest BCUT2D eigenvalue weighted by Gasteiger charge is 2.46. The maximum Gasteiger partial charge on any atom is 0.200 e. The van der Waals surface area contributed by atoms with Crippen molar-refractivity contribution >= 4 is 5.84 Å². The highest BCUT2D eigenvalue weighted by Crippen LogP contribution is 2.41. The van der Waals surface area contributed by atoms with Crippen molar-refractivity contribution in [3.05, 3.63) is 29.3 Å². The molecule has 1 saturated heterocycles. The van der Waals surface area contributed by atoms with Gasteiger partial charge in [0.2, 0.25) is 5.72 Å². The molecule has 0 bridgehead atoms. The van der Waals surface area contributed by atoms with Crippen LogP contribution >= 0.6 is 0 Å². The Kier molecular flexibility index (Phi) is 2.31. The fourth-order valence-corrected chi connectivity index (χ4v) is 2.45. The molecule has 1 atom stereocenters. The summed E-state index contributed by atoms with van der Waals surface area (Å²) in [5.74, 6) is 1.01. The first-order valence-corrected chi connectivity index (χ1v) is 5.62. The fourth-order valence-electron chi connectivity index (χ4n) is 2.45. The van der Waals surface area contributed by atoms with Crippen LogP contribution in [0.4, 0.5) is 0 Å². The molecule has 0 aliphatic carbocycles. The molecule has 1 aromatic rings. The van der Waals surface area contributed by atoms with Gasteiger partial charge in [-0.25, -0.2) is 9.78 Å². The largest absolute Gasteiger partial charge is 0.496 e. The maximum absolute atomic E-state index is 8.01. The van der Waals surface area contributed by atoms with Gasteiger partial charge in [0.05, 0.1) is 19.3 Å². The van der Waals surface area contributed by atoms with Crippen molar-refractivity contribution in [3.63, 3.8) is 0 Å². The van der Waals surface area contributed by atoms with Gasteiger partial charge in [-0.2, -0.15) is 0 Å². The zero-order chi connectivity index (χ0) is 11.9. The third-order valence-electron chi connectivity index (χ3n) is 3.22. The van der Waals surface area contributed by atoms with Gasteiger partial charge in [0.25, 0.3) is 0 Å². The molecule has 0 saturated carbocycles. The van der Waals surface area contributed by atoms with Crippen LogP contribution in [0, 0.1) is 5.41 Å². The van der Waals surface area contributed by atoms with Gasteiger partial charge in [0.1, 0.15) is 11.6 Å². The minimum Gasteiger partial charge on any atom is -0.496 e. The van der Waals surface area contributed by atoms with Crippen molar-refractivity contribution in [1.29, 1.82) is 5.41 Å². The molecule has 1 unspecified atom stereocenters.